The number of hydrogen-bond donors (Lipinski definition) is 0. The van der Waals surface area contributed by atoms with Gasteiger partial charge < -0.3 is 4.90 Å². The van der Waals surface area contributed by atoms with Crippen molar-refractivity contribution in [1.29, 1.82) is 0 Å². The zero-order valence-electron chi connectivity index (χ0n) is 9.92. The molecule has 2 heteroatoms. The van der Waals surface area contributed by atoms with E-state index >= 15 is 0 Å². The molecule has 0 N–H and O–H groups in total. The predicted molar refractivity (Wildman–Crippen MR) is 65.4 cm³/mol. The molecule has 0 saturated carbocycles. The van der Waals surface area contributed by atoms with E-state index in [1.807, 2.05) is 24.8 Å². The van der Waals surface area contributed by atoms with E-state index in [0.29, 0.717) is 0 Å². The first-order valence-corrected chi connectivity index (χ1v) is 5.61. The van der Waals surface area contributed by atoms with Crippen LogP contribution in [0.4, 0.5) is 0 Å². The number of benzene rings is 1. The maximum absolute atomic E-state index is 12.1. The predicted octanol–water partition coefficient (Wildman–Crippen LogP) is 2.92. The molecule has 1 aliphatic rings. The van der Waals surface area contributed by atoms with Crippen molar-refractivity contribution in [3.8, 4) is 0 Å². The van der Waals surface area contributed by atoms with Gasteiger partial charge in [-0.25, -0.2) is 0 Å². The van der Waals surface area contributed by atoms with Crippen molar-refractivity contribution in [2.24, 2.45) is 0 Å². The van der Waals surface area contributed by atoms with Crippen LogP contribution in [0.15, 0.2) is 30.4 Å². The number of fused-ring (bicyclic) bond motifs is 1. The molecule has 0 bridgehead atoms. The molecule has 0 saturated heterocycles. The summed E-state index contributed by atoms with van der Waals surface area (Å²) >= 11 is 0. The molecule has 0 unspecified atom stereocenters. The molecule has 1 aromatic rings. The Morgan fingerprint density at radius 1 is 1.50 bits per heavy atom. The molecule has 1 aromatic carbocycles. The quantitative estimate of drug-likeness (QED) is 0.710. The summed E-state index contributed by atoms with van der Waals surface area (Å²) in [6.45, 7) is 9.41. The van der Waals surface area contributed by atoms with Crippen molar-refractivity contribution in [1.82, 2.24) is 4.90 Å². The zero-order valence-corrected chi connectivity index (χ0v) is 9.92. The van der Waals surface area contributed by atoms with Crippen molar-refractivity contribution in [2.45, 2.75) is 26.8 Å². The van der Waals surface area contributed by atoms with Gasteiger partial charge in [-0.2, -0.15) is 0 Å². The van der Waals surface area contributed by atoms with Crippen LogP contribution in [0.25, 0.3) is 0 Å². The van der Waals surface area contributed by atoms with Crippen LogP contribution in [0, 0.1) is 6.92 Å². The normalized spacial score (nSPS) is 14.1. The van der Waals surface area contributed by atoms with E-state index in [1.165, 1.54) is 0 Å². The Bertz CT molecular complexity index is 448. The lowest BCUT2D eigenvalue weighted by atomic mass is 10.1. The first-order chi connectivity index (χ1) is 7.58. The Balaban J connectivity index is 2.15. The van der Waals surface area contributed by atoms with Crippen LogP contribution in [0.3, 0.4) is 0 Å². The summed E-state index contributed by atoms with van der Waals surface area (Å²) in [5.41, 5.74) is 4.30. The summed E-state index contributed by atoms with van der Waals surface area (Å²) in [6.07, 6.45) is 0.888. The van der Waals surface area contributed by atoms with E-state index in [2.05, 4.69) is 18.7 Å². The third-order valence-electron chi connectivity index (χ3n) is 2.95. The average molecular weight is 215 g/mol. The molecule has 0 fully saturated rings. The van der Waals surface area contributed by atoms with Gasteiger partial charge in [-0.3, -0.25) is 4.79 Å². The van der Waals surface area contributed by atoms with Gasteiger partial charge in [-0.1, -0.05) is 23.3 Å². The van der Waals surface area contributed by atoms with Crippen LogP contribution >= 0.6 is 0 Å². The van der Waals surface area contributed by atoms with E-state index < -0.39 is 0 Å². The number of carbonyl (C=O) groups excluding carboxylic acids is 1. The lowest BCUT2D eigenvalue weighted by Gasteiger charge is -2.15. The van der Waals surface area contributed by atoms with Gasteiger partial charge in [0, 0.05) is 18.7 Å². The van der Waals surface area contributed by atoms with Crippen molar-refractivity contribution < 1.29 is 4.79 Å². The van der Waals surface area contributed by atoms with Gasteiger partial charge in [0.05, 0.1) is 0 Å². The molecular formula is C14H17NO. The fraction of sp³-hybridized carbons (Fsp3) is 0.357. The Morgan fingerprint density at radius 2 is 2.25 bits per heavy atom. The number of hydrogen-bond acceptors (Lipinski definition) is 1. The number of amides is 1. The molecule has 0 atom stereocenters. The molecule has 1 aliphatic heterocycles. The van der Waals surface area contributed by atoms with Crippen LogP contribution in [0.2, 0.25) is 0 Å². The van der Waals surface area contributed by atoms with E-state index in [4.69, 9.17) is 0 Å². The fourth-order valence-corrected chi connectivity index (χ4v) is 1.98. The van der Waals surface area contributed by atoms with Gasteiger partial charge in [0.15, 0.2) is 0 Å². The van der Waals surface area contributed by atoms with Crippen LogP contribution in [0.5, 0.6) is 0 Å². The second-order valence-corrected chi connectivity index (χ2v) is 4.59. The number of carbonyl (C=O) groups is 1. The third kappa shape index (κ3) is 2.01. The SMILES string of the molecule is C=C(C)CCN1Cc2ccc(C)cc2C1=O. The van der Waals surface area contributed by atoms with Gasteiger partial charge in [-0.15, -0.1) is 6.58 Å². The Kier molecular flexibility index (Phi) is 2.82. The highest BCUT2D eigenvalue weighted by molar-refractivity contribution is 5.98. The first kappa shape index (κ1) is 10.9. The zero-order chi connectivity index (χ0) is 11.7. The van der Waals surface area contributed by atoms with Crippen LogP contribution in [-0.2, 0) is 6.54 Å². The van der Waals surface area contributed by atoms with Crippen LogP contribution in [-0.4, -0.2) is 17.4 Å². The minimum absolute atomic E-state index is 0.167. The average Bonchev–Trinajstić information content (AvgIpc) is 2.53. The van der Waals surface area contributed by atoms with Crippen molar-refractivity contribution in [3.63, 3.8) is 0 Å². The summed E-state index contributed by atoms with van der Waals surface area (Å²) < 4.78 is 0. The summed E-state index contributed by atoms with van der Waals surface area (Å²) in [6, 6.07) is 6.11. The summed E-state index contributed by atoms with van der Waals surface area (Å²) in [5, 5.41) is 0. The Labute approximate surface area is 96.6 Å². The molecule has 1 heterocycles. The second kappa shape index (κ2) is 4.12. The van der Waals surface area contributed by atoms with Gasteiger partial charge in [0.1, 0.15) is 0 Å². The third-order valence-corrected chi connectivity index (χ3v) is 2.95. The molecule has 0 aromatic heterocycles. The van der Waals surface area contributed by atoms with E-state index in [0.717, 1.165) is 41.8 Å². The van der Waals surface area contributed by atoms with Crippen molar-refractivity contribution in [2.75, 3.05) is 6.54 Å². The van der Waals surface area contributed by atoms with Crippen LogP contribution < -0.4 is 0 Å². The minimum atomic E-state index is 0.167. The maximum Gasteiger partial charge on any atom is 0.254 e. The minimum Gasteiger partial charge on any atom is -0.334 e. The lowest BCUT2D eigenvalue weighted by molar-refractivity contribution is 0.0780. The second-order valence-electron chi connectivity index (χ2n) is 4.59. The first-order valence-electron chi connectivity index (χ1n) is 5.61. The monoisotopic (exact) mass is 215 g/mol. The maximum atomic E-state index is 12.1. The van der Waals surface area contributed by atoms with Crippen molar-refractivity contribution >= 4 is 5.91 Å². The highest BCUT2D eigenvalue weighted by atomic mass is 16.2. The topological polar surface area (TPSA) is 20.3 Å². The molecule has 2 nitrogen and oxygen atoms in total. The molecule has 2 rings (SSSR count). The lowest BCUT2D eigenvalue weighted by Crippen LogP contribution is -2.25. The number of rotatable bonds is 3. The molecule has 16 heavy (non-hydrogen) atoms. The van der Waals surface area contributed by atoms with E-state index in [1.54, 1.807) is 0 Å². The molecular weight excluding hydrogens is 198 g/mol. The standard InChI is InChI=1S/C14H17NO/c1-10(2)6-7-15-9-12-5-4-11(3)8-13(12)14(15)16/h4-5,8H,1,6-7,9H2,2-3H3. The summed E-state index contributed by atoms with van der Waals surface area (Å²) in [4.78, 5) is 14.0. The highest BCUT2D eigenvalue weighted by Crippen LogP contribution is 2.24. The van der Waals surface area contributed by atoms with E-state index in [9.17, 15) is 4.79 Å². The van der Waals surface area contributed by atoms with Gasteiger partial charge in [-0.05, 0) is 31.9 Å². The highest BCUT2D eigenvalue weighted by Gasteiger charge is 2.26. The number of nitrogens with zero attached hydrogens (tertiary/aromatic N) is 1. The van der Waals surface area contributed by atoms with Crippen molar-refractivity contribution in [3.05, 3.63) is 47.0 Å². The number of aryl methyl sites for hydroxylation is 1. The molecule has 0 aliphatic carbocycles. The van der Waals surface area contributed by atoms with Crippen LogP contribution in [0.1, 0.15) is 34.8 Å². The van der Waals surface area contributed by atoms with Gasteiger partial charge in [0.25, 0.3) is 5.91 Å². The van der Waals surface area contributed by atoms with Gasteiger partial charge in [0.2, 0.25) is 0 Å². The Hall–Kier alpha value is -1.57. The molecule has 0 radical (unpaired) electrons. The smallest absolute Gasteiger partial charge is 0.254 e. The fourth-order valence-electron chi connectivity index (χ4n) is 1.98. The summed E-state index contributed by atoms with van der Waals surface area (Å²) in [5.74, 6) is 0.167. The summed E-state index contributed by atoms with van der Waals surface area (Å²) in [7, 11) is 0. The molecule has 1 amide bonds. The van der Waals surface area contributed by atoms with Gasteiger partial charge >= 0.3 is 0 Å². The van der Waals surface area contributed by atoms with E-state index in [-0.39, 0.29) is 5.91 Å². The largest absolute Gasteiger partial charge is 0.334 e. The molecule has 84 valence electrons. The Morgan fingerprint density at radius 3 is 2.94 bits per heavy atom. The molecule has 0 spiro atoms.